The highest BCUT2D eigenvalue weighted by Crippen LogP contribution is 2.01. The Labute approximate surface area is 71.8 Å². The van der Waals surface area contributed by atoms with E-state index in [1.165, 1.54) is 0 Å². The van der Waals surface area contributed by atoms with E-state index in [0.717, 1.165) is 31.6 Å². The molecule has 0 bridgehead atoms. The lowest BCUT2D eigenvalue weighted by molar-refractivity contribution is 0.694. The first kappa shape index (κ1) is 8.99. The number of aromatic nitrogens is 3. The third kappa shape index (κ3) is 2.20. The van der Waals surface area contributed by atoms with Crippen LogP contribution in [-0.4, -0.2) is 21.3 Å². The maximum Gasteiger partial charge on any atom is 0.218 e. The number of unbranched alkanes of at least 4 members (excludes halogenated alkanes) is 1. The van der Waals surface area contributed by atoms with E-state index in [0.29, 0.717) is 5.95 Å². The Bertz CT molecular complexity index is 222. The average Bonchev–Trinajstić information content (AvgIpc) is 2.32. The minimum atomic E-state index is 0.470. The summed E-state index contributed by atoms with van der Waals surface area (Å²) in [5, 5.41) is 4.12. The molecule has 0 atom stereocenters. The summed E-state index contributed by atoms with van der Waals surface area (Å²) in [5.41, 5.74) is 10.9. The Morgan fingerprint density at radius 2 is 2.17 bits per heavy atom. The molecule has 5 nitrogen and oxygen atoms in total. The Morgan fingerprint density at radius 1 is 1.42 bits per heavy atom. The van der Waals surface area contributed by atoms with Gasteiger partial charge in [0.15, 0.2) is 5.82 Å². The normalized spacial score (nSPS) is 10.5. The zero-order valence-electron chi connectivity index (χ0n) is 7.32. The quantitative estimate of drug-likeness (QED) is 0.605. The molecule has 0 fully saturated rings. The lowest BCUT2D eigenvalue weighted by Gasteiger charge is -1.92. The molecule has 1 aromatic rings. The number of nitrogen functional groups attached to an aromatic ring is 1. The first-order valence-corrected chi connectivity index (χ1v) is 4.09. The summed E-state index contributed by atoms with van der Waals surface area (Å²) in [7, 11) is 1.79. The number of nitrogens with zero attached hydrogens (tertiary/aromatic N) is 3. The zero-order valence-corrected chi connectivity index (χ0v) is 7.32. The van der Waals surface area contributed by atoms with Crippen molar-refractivity contribution in [2.24, 2.45) is 12.8 Å². The summed E-state index contributed by atoms with van der Waals surface area (Å²) in [4.78, 5) is 4.07. The molecule has 5 heteroatoms. The zero-order chi connectivity index (χ0) is 8.97. The summed E-state index contributed by atoms with van der Waals surface area (Å²) >= 11 is 0. The monoisotopic (exact) mass is 169 g/mol. The van der Waals surface area contributed by atoms with Crippen LogP contribution in [0.15, 0.2) is 0 Å². The van der Waals surface area contributed by atoms with Crippen molar-refractivity contribution >= 4 is 5.95 Å². The summed E-state index contributed by atoms with van der Waals surface area (Å²) in [6.45, 7) is 0.725. The second-order valence-corrected chi connectivity index (χ2v) is 2.76. The van der Waals surface area contributed by atoms with Crippen LogP contribution in [0.4, 0.5) is 5.95 Å². The van der Waals surface area contributed by atoms with Gasteiger partial charge in [-0.1, -0.05) is 0 Å². The predicted octanol–water partition coefficient (Wildman–Crippen LogP) is -0.321. The molecule has 0 aliphatic heterocycles. The van der Waals surface area contributed by atoms with Crippen LogP contribution >= 0.6 is 0 Å². The Hall–Kier alpha value is -1.10. The van der Waals surface area contributed by atoms with E-state index >= 15 is 0 Å². The lowest BCUT2D eigenvalue weighted by atomic mass is 10.2. The first-order valence-electron chi connectivity index (χ1n) is 4.09. The van der Waals surface area contributed by atoms with Gasteiger partial charge in [-0.05, 0) is 19.4 Å². The van der Waals surface area contributed by atoms with Crippen LogP contribution in [0, 0.1) is 0 Å². The minimum absolute atomic E-state index is 0.470. The number of hydrogen-bond acceptors (Lipinski definition) is 4. The number of hydrogen-bond donors (Lipinski definition) is 2. The lowest BCUT2D eigenvalue weighted by Crippen LogP contribution is -2.00. The maximum absolute atomic E-state index is 5.51. The fourth-order valence-corrected chi connectivity index (χ4v) is 0.985. The van der Waals surface area contributed by atoms with Crippen molar-refractivity contribution in [2.45, 2.75) is 19.3 Å². The molecule has 1 rings (SSSR count). The number of anilines is 1. The topological polar surface area (TPSA) is 82.8 Å². The van der Waals surface area contributed by atoms with E-state index in [1.54, 1.807) is 11.7 Å². The van der Waals surface area contributed by atoms with Crippen molar-refractivity contribution in [3.05, 3.63) is 5.82 Å². The van der Waals surface area contributed by atoms with Gasteiger partial charge < -0.3 is 11.5 Å². The second kappa shape index (κ2) is 4.06. The van der Waals surface area contributed by atoms with Crippen LogP contribution in [0.25, 0.3) is 0 Å². The van der Waals surface area contributed by atoms with Gasteiger partial charge >= 0.3 is 0 Å². The molecule has 0 saturated carbocycles. The van der Waals surface area contributed by atoms with Gasteiger partial charge in [0.25, 0.3) is 0 Å². The largest absolute Gasteiger partial charge is 0.368 e. The fraction of sp³-hybridized carbons (Fsp3) is 0.714. The predicted molar refractivity (Wildman–Crippen MR) is 47.4 cm³/mol. The summed E-state index contributed by atoms with van der Waals surface area (Å²) < 4.78 is 1.58. The van der Waals surface area contributed by atoms with E-state index in [-0.39, 0.29) is 0 Å². The highest BCUT2D eigenvalue weighted by molar-refractivity contribution is 5.15. The molecule has 68 valence electrons. The molecule has 0 aliphatic rings. The maximum atomic E-state index is 5.51. The Kier molecular flexibility index (Phi) is 3.04. The van der Waals surface area contributed by atoms with Gasteiger partial charge in [-0.25, -0.2) is 4.68 Å². The highest BCUT2D eigenvalue weighted by Gasteiger charge is 2.01. The van der Waals surface area contributed by atoms with Crippen LogP contribution in [0.1, 0.15) is 18.7 Å². The van der Waals surface area contributed by atoms with E-state index in [2.05, 4.69) is 10.1 Å². The molecule has 4 N–H and O–H groups in total. The highest BCUT2D eigenvalue weighted by atomic mass is 15.4. The van der Waals surface area contributed by atoms with Gasteiger partial charge in [-0.3, -0.25) is 0 Å². The summed E-state index contributed by atoms with van der Waals surface area (Å²) in [6.07, 6.45) is 2.90. The van der Waals surface area contributed by atoms with Crippen LogP contribution in [0.5, 0.6) is 0 Å². The molecule has 12 heavy (non-hydrogen) atoms. The van der Waals surface area contributed by atoms with Crippen LogP contribution in [0.3, 0.4) is 0 Å². The van der Waals surface area contributed by atoms with E-state index in [9.17, 15) is 0 Å². The van der Waals surface area contributed by atoms with Crippen molar-refractivity contribution in [1.29, 1.82) is 0 Å². The third-order valence-corrected chi connectivity index (χ3v) is 1.70. The summed E-state index contributed by atoms with van der Waals surface area (Å²) in [6, 6.07) is 0. The summed E-state index contributed by atoms with van der Waals surface area (Å²) in [5.74, 6) is 1.28. The van der Waals surface area contributed by atoms with Gasteiger partial charge in [0.2, 0.25) is 5.95 Å². The number of nitrogens with two attached hydrogens (primary N) is 2. The van der Waals surface area contributed by atoms with Gasteiger partial charge in [0.1, 0.15) is 0 Å². The standard InChI is InChI=1S/C7H15N5/c1-12-7(9)10-6(11-12)4-2-3-5-8/h2-5,8H2,1H3,(H2,9,10,11). The molecule has 1 heterocycles. The van der Waals surface area contributed by atoms with Crippen molar-refractivity contribution in [3.8, 4) is 0 Å². The van der Waals surface area contributed by atoms with Crippen molar-refractivity contribution in [1.82, 2.24) is 14.8 Å². The fourth-order valence-electron chi connectivity index (χ4n) is 0.985. The van der Waals surface area contributed by atoms with Gasteiger partial charge in [-0.15, -0.1) is 0 Å². The molecular formula is C7H15N5. The third-order valence-electron chi connectivity index (χ3n) is 1.70. The minimum Gasteiger partial charge on any atom is -0.368 e. The Balaban J connectivity index is 2.42. The molecule has 0 amide bonds. The smallest absolute Gasteiger partial charge is 0.218 e. The first-order chi connectivity index (χ1) is 5.74. The van der Waals surface area contributed by atoms with E-state index < -0.39 is 0 Å². The second-order valence-electron chi connectivity index (χ2n) is 2.76. The SMILES string of the molecule is Cn1nc(CCCCN)nc1N. The molecule has 0 aromatic carbocycles. The molecule has 0 saturated heterocycles. The number of rotatable bonds is 4. The van der Waals surface area contributed by atoms with E-state index in [4.69, 9.17) is 11.5 Å². The van der Waals surface area contributed by atoms with Gasteiger partial charge in [-0.2, -0.15) is 10.1 Å². The molecular weight excluding hydrogens is 154 g/mol. The molecule has 0 spiro atoms. The number of aryl methyl sites for hydroxylation is 2. The molecule has 0 unspecified atom stereocenters. The van der Waals surface area contributed by atoms with Crippen LogP contribution < -0.4 is 11.5 Å². The Morgan fingerprint density at radius 3 is 2.67 bits per heavy atom. The molecule has 0 radical (unpaired) electrons. The van der Waals surface area contributed by atoms with Crippen LogP contribution in [0.2, 0.25) is 0 Å². The van der Waals surface area contributed by atoms with Crippen LogP contribution in [-0.2, 0) is 13.5 Å². The molecule has 1 aromatic heterocycles. The average molecular weight is 169 g/mol. The van der Waals surface area contributed by atoms with Gasteiger partial charge in [0.05, 0.1) is 0 Å². The van der Waals surface area contributed by atoms with Crippen molar-refractivity contribution in [3.63, 3.8) is 0 Å². The van der Waals surface area contributed by atoms with Crippen molar-refractivity contribution in [2.75, 3.05) is 12.3 Å². The van der Waals surface area contributed by atoms with Gasteiger partial charge in [0, 0.05) is 13.5 Å². The van der Waals surface area contributed by atoms with E-state index in [1.807, 2.05) is 0 Å². The molecule has 0 aliphatic carbocycles. The van der Waals surface area contributed by atoms with Crippen molar-refractivity contribution < 1.29 is 0 Å².